The number of carbonyl (C=O) groups is 1. The van der Waals surface area contributed by atoms with Crippen LogP contribution in [-0.2, 0) is 0 Å². The van der Waals surface area contributed by atoms with Crippen molar-refractivity contribution in [3.05, 3.63) is 58.9 Å². The number of halogens is 3. The van der Waals surface area contributed by atoms with Crippen LogP contribution in [0.5, 0.6) is 0 Å². The Morgan fingerprint density at radius 3 is 2.40 bits per heavy atom. The van der Waals surface area contributed by atoms with E-state index in [0.29, 0.717) is 5.69 Å². The minimum atomic E-state index is -2.75. The van der Waals surface area contributed by atoms with Gasteiger partial charge in [-0.3, -0.25) is 4.79 Å². The fourth-order valence-corrected chi connectivity index (χ4v) is 4.89. The molecule has 0 N–H and O–H groups in total. The van der Waals surface area contributed by atoms with E-state index in [1.165, 1.54) is 18.2 Å². The van der Waals surface area contributed by atoms with Crippen LogP contribution in [0, 0.1) is 12.7 Å². The lowest BCUT2D eigenvalue weighted by molar-refractivity contribution is 0.0558. The predicted molar refractivity (Wildman–Crippen MR) is 102 cm³/mol. The van der Waals surface area contributed by atoms with Crippen LogP contribution in [0.1, 0.15) is 65.6 Å². The number of aryl methyl sites for hydroxylation is 1. The number of hydrogen-bond donors (Lipinski definition) is 0. The van der Waals surface area contributed by atoms with E-state index in [9.17, 15) is 18.0 Å². The minimum Gasteiger partial charge on any atom is -0.330 e. The second-order valence-electron chi connectivity index (χ2n) is 8.09. The molecule has 2 fully saturated rings. The molecule has 0 saturated carbocycles. The van der Waals surface area contributed by atoms with Gasteiger partial charge in [0.15, 0.2) is 0 Å². The molecule has 0 aliphatic carbocycles. The average Bonchev–Trinajstić information content (AvgIpc) is 3.25. The van der Waals surface area contributed by atoms with Crippen LogP contribution in [0.3, 0.4) is 0 Å². The summed E-state index contributed by atoms with van der Waals surface area (Å²) < 4.78 is 40.9. The first-order valence-corrected chi connectivity index (χ1v) is 10.0. The Balaban J connectivity index is 1.42. The predicted octanol–water partition coefficient (Wildman–Crippen LogP) is 4.06. The molecule has 156 valence electrons. The molecule has 9 heteroatoms. The van der Waals surface area contributed by atoms with Crippen molar-refractivity contribution in [3.8, 4) is 0 Å². The van der Waals surface area contributed by atoms with Gasteiger partial charge in [0.05, 0.1) is 0 Å². The smallest absolute Gasteiger partial charge is 0.294 e. The highest BCUT2D eigenvalue weighted by atomic mass is 19.3. The summed E-state index contributed by atoms with van der Waals surface area (Å²) in [6.45, 7) is 1.60. The maximum atomic E-state index is 13.4. The summed E-state index contributed by atoms with van der Waals surface area (Å²) in [7, 11) is 0. The van der Waals surface area contributed by atoms with Crippen molar-refractivity contribution in [3.63, 3.8) is 0 Å². The molecule has 0 spiro atoms. The molecule has 1 unspecified atom stereocenters. The molecule has 0 radical (unpaired) electrons. The van der Waals surface area contributed by atoms with E-state index in [1.54, 1.807) is 19.1 Å². The molecule has 3 atom stereocenters. The normalized spacial score (nSPS) is 23.5. The van der Waals surface area contributed by atoms with E-state index in [-0.39, 0.29) is 47.0 Å². The van der Waals surface area contributed by atoms with Gasteiger partial charge in [-0.1, -0.05) is 12.1 Å². The van der Waals surface area contributed by atoms with E-state index in [2.05, 4.69) is 15.1 Å². The highest BCUT2D eigenvalue weighted by Gasteiger charge is 2.44. The largest absolute Gasteiger partial charge is 0.330 e. The minimum absolute atomic E-state index is 0.00203. The van der Waals surface area contributed by atoms with Crippen molar-refractivity contribution in [2.24, 2.45) is 0 Å². The maximum Gasteiger partial charge on any atom is 0.294 e. The van der Waals surface area contributed by atoms with Crippen molar-refractivity contribution in [2.75, 3.05) is 0 Å². The lowest BCUT2D eigenvalue weighted by Gasteiger charge is -2.38. The van der Waals surface area contributed by atoms with Crippen LogP contribution < -0.4 is 0 Å². The fourth-order valence-electron chi connectivity index (χ4n) is 4.89. The van der Waals surface area contributed by atoms with E-state index >= 15 is 0 Å². The van der Waals surface area contributed by atoms with E-state index < -0.39 is 6.43 Å². The lowest BCUT2D eigenvalue weighted by atomic mass is 9.85. The summed E-state index contributed by atoms with van der Waals surface area (Å²) in [5.74, 6) is -0.451. The number of fused-ring (bicyclic) bond motifs is 3. The summed E-state index contributed by atoms with van der Waals surface area (Å²) in [6.07, 6.45) is 0.561. The molecule has 2 aliphatic rings. The van der Waals surface area contributed by atoms with E-state index in [1.807, 2.05) is 4.90 Å². The lowest BCUT2D eigenvalue weighted by Crippen LogP contribution is -2.46. The summed E-state index contributed by atoms with van der Waals surface area (Å²) in [5.41, 5.74) is 1.14. The van der Waals surface area contributed by atoms with Crippen molar-refractivity contribution in [1.29, 1.82) is 0 Å². The second kappa shape index (κ2) is 7.07. The Kier molecular flexibility index (Phi) is 4.48. The standard InChI is InChI=1S/C21H20F3N5O/c1-11-8-17(18(23)24)29-21(25-11)26-19(27-29)20(30)28-15-6-7-16(28)10-13(9-15)12-2-4-14(22)5-3-12/h2-5,8,13,15-16,18H,6-7,9-10H2,1H3/t13?,15-,16+. The number of amides is 1. The third kappa shape index (κ3) is 3.12. The molecule has 6 nitrogen and oxygen atoms in total. The fraction of sp³-hybridized carbons (Fsp3) is 0.429. The first-order chi connectivity index (χ1) is 14.4. The van der Waals surface area contributed by atoms with Gasteiger partial charge in [-0.05, 0) is 62.3 Å². The van der Waals surface area contributed by atoms with Crippen LogP contribution in [0.4, 0.5) is 13.2 Å². The highest BCUT2D eigenvalue weighted by molar-refractivity contribution is 5.91. The molecule has 2 bridgehead atoms. The molecule has 1 aromatic carbocycles. The van der Waals surface area contributed by atoms with Gasteiger partial charge >= 0.3 is 0 Å². The Hall–Kier alpha value is -2.97. The highest BCUT2D eigenvalue weighted by Crippen LogP contribution is 2.43. The zero-order valence-electron chi connectivity index (χ0n) is 16.3. The SMILES string of the molecule is Cc1cc(C(F)F)n2nc(C(=O)N3[C@@H]4CC[C@H]3CC(c3ccc(F)cc3)C4)nc2n1. The Bertz CT molecular complexity index is 1100. The van der Waals surface area contributed by atoms with Gasteiger partial charge in [0.1, 0.15) is 11.5 Å². The molecular formula is C21H20F3N5O. The van der Waals surface area contributed by atoms with Gasteiger partial charge < -0.3 is 4.90 Å². The molecule has 3 aromatic rings. The Labute approximate surface area is 170 Å². The summed E-state index contributed by atoms with van der Waals surface area (Å²) in [6, 6.07) is 7.85. The number of nitrogens with zero attached hydrogens (tertiary/aromatic N) is 5. The second-order valence-corrected chi connectivity index (χ2v) is 8.09. The third-order valence-corrected chi connectivity index (χ3v) is 6.19. The number of hydrogen-bond acceptors (Lipinski definition) is 4. The molecule has 30 heavy (non-hydrogen) atoms. The average molecular weight is 415 g/mol. The molecule has 1 amide bonds. The van der Waals surface area contributed by atoms with Gasteiger partial charge in [0.2, 0.25) is 5.82 Å². The van der Waals surface area contributed by atoms with Crippen LogP contribution in [0.2, 0.25) is 0 Å². The van der Waals surface area contributed by atoms with Crippen molar-refractivity contribution in [2.45, 2.75) is 57.0 Å². The van der Waals surface area contributed by atoms with E-state index in [4.69, 9.17) is 0 Å². The number of carbonyl (C=O) groups excluding carboxylic acids is 1. The topological polar surface area (TPSA) is 63.4 Å². The number of piperidine rings is 1. The van der Waals surface area contributed by atoms with Crippen LogP contribution in [0.25, 0.3) is 5.78 Å². The number of benzene rings is 1. The molecular weight excluding hydrogens is 395 g/mol. The van der Waals surface area contributed by atoms with Crippen LogP contribution in [-0.4, -0.2) is 42.5 Å². The van der Waals surface area contributed by atoms with Gasteiger partial charge in [-0.25, -0.2) is 18.2 Å². The molecule has 2 aromatic heterocycles. The quantitative estimate of drug-likeness (QED) is 0.647. The van der Waals surface area contributed by atoms with Gasteiger partial charge in [-0.15, -0.1) is 5.10 Å². The monoisotopic (exact) mass is 415 g/mol. The molecule has 5 rings (SSSR count). The van der Waals surface area contributed by atoms with Gasteiger partial charge in [0.25, 0.3) is 18.1 Å². The van der Waals surface area contributed by atoms with E-state index in [0.717, 1.165) is 35.8 Å². The number of rotatable bonds is 3. The van der Waals surface area contributed by atoms with Crippen LogP contribution >= 0.6 is 0 Å². The van der Waals surface area contributed by atoms with Crippen molar-refractivity contribution >= 4 is 11.7 Å². The first kappa shape index (κ1) is 19.0. The Morgan fingerprint density at radius 1 is 1.10 bits per heavy atom. The third-order valence-electron chi connectivity index (χ3n) is 6.19. The number of alkyl halides is 2. The van der Waals surface area contributed by atoms with Gasteiger partial charge in [-0.2, -0.15) is 9.50 Å². The van der Waals surface area contributed by atoms with Crippen molar-refractivity contribution in [1.82, 2.24) is 24.5 Å². The zero-order valence-corrected chi connectivity index (χ0v) is 16.3. The van der Waals surface area contributed by atoms with Crippen molar-refractivity contribution < 1.29 is 18.0 Å². The zero-order chi connectivity index (χ0) is 21.0. The molecule has 2 saturated heterocycles. The first-order valence-electron chi connectivity index (χ1n) is 10.0. The summed E-state index contributed by atoms with van der Waals surface area (Å²) in [4.78, 5) is 23.3. The van der Waals surface area contributed by atoms with Gasteiger partial charge in [0, 0.05) is 17.8 Å². The summed E-state index contributed by atoms with van der Waals surface area (Å²) in [5, 5.41) is 4.06. The van der Waals surface area contributed by atoms with Crippen LogP contribution in [0.15, 0.2) is 30.3 Å². The molecule has 2 aliphatic heterocycles. The maximum absolute atomic E-state index is 13.4. The Morgan fingerprint density at radius 2 is 1.77 bits per heavy atom. The molecule has 4 heterocycles. The summed E-state index contributed by atoms with van der Waals surface area (Å²) >= 11 is 0. The number of aromatic nitrogens is 4.